The molecule has 6 heteroatoms. The van der Waals surface area contributed by atoms with Gasteiger partial charge in [-0.05, 0) is 38.7 Å². The van der Waals surface area contributed by atoms with Crippen molar-refractivity contribution < 1.29 is 14.6 Å². The molecule has 0 aliphatic heterocycles. The summed E-state index contributed by atoms with van der Waals surface area (Å²) < 4.78 is 5.62. The van der Waals surface area contributed by atoms with Crippen LogP contribution in [0.2, 0.25) is 0 Å². The van der Waals surface area contributed by atoms with Gasteiger partial charge in [-0.15, -0.1) is 0 Å². The quantitative estimate of drug-likeness (QED) is 0.569. The molecule has 0 aliphatic rings. The average molecular weight is 370 g/mol. The molecular formula is C20H22N2O3S. The second-order valence-electron chi connectivity index (χ2n) is 5.84. The van der Waals surface area contributed by atoms with Crippen LogP contribution in [-0.2, 0) is 11.3 Å². The maximum Gasteiger partial charge on any atom is 0.315 e. The highest BCUT2D eigenvalue weighted by Crippen LogP contribution is 2.20. The van der Waals surface area contributed by atoms with Gasteiger partial charge in [-0.2, -0.15) is 11.3 Å². The Kier molecular flexibility index (Phi) is 6.60. The first kappa shape index (κ1) is 18.4. The second kappa shape index (κ2) is 9.33. The zero-order valence-electron chi connectivity index (χ0n) is 14.4. The van der Waals surface area contributed by atoms with Crippen LogP contribution in [0.4, 0.5) is 4.79 Å². The SMILES string of the molecule is O=C(NCc1cccc2ccccc12)NC[C@@H](OCCO)c1ccsc1. The first-order valence-corrected chi connectivity index (χ1v) is 9.45. The van der Waals surface area contributed by atoms with E-state index in [0.717, 1.165) is 21.9 Å². The molecular weight excluding hydrogens is 348 g/mol. The molecule has 0 unspecified atom stereocenters. The lowest BCUT2D eigenvalue weighted by Crippen LogP contribution is -2.38. The monoisotopic (exact) mass is 370 g/mol. The van der Waals surface area contributed by atoms with Crippen LogP contribution in [0.15, 0.2) is 59.3 Å². The highest BCUT2D eigenvalue weighted by Gasteiger charge is 2.14. The Morgan fingerprint density at radius 3 is 2.77 bits per heavy atom. The summed E-state index contributed by atoms with van der Waals surface area (Å²) in [6.45, 7) is 0.986. The van der Waals surface area contributed by atoms with Crippen LogP contribution in [0.3, 0.4) is 0 Å². The van der Waals surface area contributed by atoms with Crippen molar-refractivity contribution in [1.82, 2.24) is 10.6 Å². The van der Waals surface area contributed by atoms with Gasteiger partial charge in [0.05, 0.1) is 13.2 Å². The van der Waals surface area contributed by atoms with E-state index in [0.29, 0.717) is 13.1 Å². The number of urea groups is 1. The third-order valence-corrected chi connectivity index (χ3v) is 4.79. The normalized spacial score (nSPS) is 12.0. The smallest absolute Gasteiger partial charge is 0.315 e. The van der Waals surface area contributed by atoms with Crippen LogP contribution in [0.5, 0.6) is 0 Å². The number of carbonyl (C=O) groups is 1. The predicted octanol–water partition coefficient (Wildman–Crippen LogP) is 3.45. The lowest BCUT2D eigenvalue weighted by molar-refractivity contribution is 0.0297. The largest absolute Gasteiger partial charge is 0.394 e. The Balaban J connectivity index is 1.54. The summed E-state index contributed by atoms with van der Waals surface area (Å²) >= 11 is 1.57. The van der Waals surface area contributed by atoms with Gasteiger partial charge in [0.2, 0.25) is 0 Å². The third kappa shape index (κ3) is 4.82. The van der Waals surface area contributed by atoms with Gasteiger partial charge in [-0.25, -0.2) is 4.79 Å². The Hall–Kier alpha value is -2.41. The van der Waals surface area contributed by atoms with Crippen LogP contribution in [-0.4, -0.2) is 30.9 Å². The molecule has 1 heterocycles. The topological polar surface area (TPSA) is 70.6 Å². The van der Waals surface area contributed by atoms with E-state index in [1.54, 1.807) is 11.3 Å². The maximum atomic E-state index is 12.2. The summed E-state index contributed by atoms with van der Waals surface area (Å²) in [6.07, 6.45) is -0.267. The Morgan fingerprint density at radius 2 is 1.96 bits per heavy atom. The number of fused-ring (bicyclic) bond motifs is 1. The van der Waals surface area contributed by atoms with Crippen molar-refractivity contribution in [3.63, 3.8) is 0 Å². The molecule has 1 aromatic heterocycles. The van der Waals surface area contributed by atoms with Gasteiger partial charge in [0.15, 0.2) is 0 Å². The Morgan fingerprint density at radius 1 is 1.12 bits per heavy atom. The van der Waals surface area contributed by atoms with Crippen LogP contribution >= 0.6 is 11.3 Å². The molecule has 0 fully saturated rings. The number of hydrogen-bond donors (Lipinski definition) is 3. The number of ether oxygens (including phenoxy) is 1. The van der Waals surface area contributed by atoms with Gasteiger partial charge < -0.3 is 20.5 Å². The first-order chi connectivity index (χ1) is 12.8. The molecule has 0 saturated carbocycles. The van der Waals surface area contributed by atoms with E-state index in [1.165, 1.54) is 0 Å². The number of aliphatic hydroxyl groups excluding tert-OH is 1. The molecule has 136 valence electrons. The number of rotatable bonds is 8. The first-order valence-electron chi connectivity index (χ1n) is 8.51. The van der Waals surface area contributed by atoms with E-state index < -0.39 is 0 Å². The number of amides is 2. The fourth-order valence-electron chi connectivity index (χ4n) is 2.80. The van der Waals surface area contributed by atoms with Crippen molar-refractivity contribution in [2.24, 2.45) is 0 Å². The van der Waals surface area contributed by atoms with Crippen molar-refractivity contribution in [1.29, 1.82) is 0 Å². The van der Waals surface area contributed by atoms with Crippen molar-refractivity contribution >= 4 is 28.1 Å². The second-order valence-corrected chi connectivity index (χ2v) is 6.62. The van der Waals surface area contributed by atoms with E-state index in [-0.39, 0.29) is 25.3 Å². The summed E-state index contributed by atoms with van der Waals surface area (Å²) in [5, 5.41) is 20.9. The average Bonchev–Trinajstić information content (AvgIpc) is 3.21. The molecule has 2 amide bonds. The number of thiophene rings is 1. The molecule has 0 saturated heterocycles. The number of aliphatic hydroxyl groups is 1. The Bertz CT molecular complexity index is 831. The highest BCUT2D eigenvalue weighted by molar-refractivity contribution is 7.07. The molecule has 5 nitrogen and oxygen atoms in total. The van der Waals surface area contributed by atoms with E-state index >= 15 is 0 Å². The number of carbonyl (C=O) groups excluding carboxylic acids is 1. The van der Waals surface area contributed by atoms with Crippen molar-refractivity contribution in [3.05, 3.63) is 70.4 Å². The minimum absolute atomic E-state index is 0.0477. The fourth-order valence-corrected chi connectivity index (χ4v) is 3.50. The van der Waals surface area contributed by atoms with Crippen molar-refractivity contribution in [2.75, 3.05) is 19.8 Å². The minimum atomic E-state index is -0.267. The van der Waals surface area contributed by atoms with Crippen LogP contribution in [0, 0.1) is 0 Å². The van der Waals surface area contributed by atoms with Gasteiger partial charge in [0, 0.05) is 13.1 Å². The number of benzene rings is 2. The number of hydrogen-bond acceptors (Lipinski definition) is 4. The van der Waals surface area contributed by atoms with Gasteiger partial charge in [0.1, 0.15) is 6.10 Å². The predicted molar refractivity (Wildman–Crippen MR) is 104 cm³/mol. The lowest BCUT2D eigenvalue weighted by Gasteiger charge is -2.17. The van der Waals surface area contributed by atoms with Gasteiger partial charge >= 0.3 is 6.03 Å². The zero-order valence-corrected chi connectivity index (χ0v) is 15.2. The third-order valence-electron chi connectivity index (χ3n) is 4.09. The fraction of sp³-hybridized carbons (Fsp3) is 0.250. The van der Waals surface area contributed by atoms with Crippen LogP contribution < -0.4 is 10.6 Å². The minimum Gasteiger partial charge on any atom is -0.394 e. The molecule has 2 aromatic carbocycles. The van der Waals surface area contributed by atoms with Crippen molar-refractivity contribution in [2.45, 2.75) is 12.6 Å². The number of nitrogens with one attached hydrogen (secondary N) is 2. The van der Waals surface area contributed by atoms with Crippen LogP contribution in [0.1, 0.15) is 17.2 Å². The summed E-state index contributed by atoms with van der Waals surface area (Å²) in [4.78, 5) is 12.2. The maximum absolute atomic E-state index is 12.2. The molecule has 0 bridgehead atoms. The molecule has 0 spiro atoms. The molecule has 3 aromatic rings. The standard InChI is InChI=1S/C20H22N2O3S/c23-9-10-25-19(17-8-11-26-14-17)13-22-20(24)21-12-16-6-3-5-15-4-1-2-7-18(15)16/h1-8,11,14,19,23H,9-10,12-13H2,(H2,21,22,24)/t19-/m1/s1. The van der Waals surface area contributed by atoms with E-state index in [4.69, 9.17) is 9.84 Å². The summed E-state index contributed by atoms with van der Waals surface area (Å²) in [7, 11) is 0. The van der Waals surface area contributed by atoms with Gasteiger partial charge in [0.25, 0.3) is 0 Å². The molecule has 26 heavy (non-hydrogen) atoms. The molecule has 1 atom stereocenters. The van der Waals surface area contributed by atoms with Crippen molar-refractivity contribution in [3.8, 4) is 0 Å². The Labute approximate surface area is 156 Å². The lowest BCUT2D eigenvalue weighted by atomic mass is 10.0. The van der Waals surface area contributed by atoms with E-state index in [2.05, 4.69) is 28.8 Å². The van der Waals surface area contributed by atoms with Crippen LogP contribution in [0.25, 0.3) is 10.8 Å². The zero-order chi connectivity index (χ0) is 18.2. The van der Waals surface area contributed by atoms with E-state index in [1.807, 2.05) is 41.1 Å². The van der Waals surface area contributed by atoms with Gasteiger partial charge in [-0.1, -0.05) is 42.5 Å². The van der Waals surface area contributed by atoms with E-state index in [9.17, 15) is 4.79 Å². The molecule has 3 N–H and O–H groups in total. The van der Waals surface area contributed by atoms with Gasteiger partial charge in [-0.3, -0.25) is 0 Å². The summed E-state index contributed by atoms with van der Waals surface area (Å²) in [5.74, 6) is 0. The molecule has 3 rings (SSSR count). The highest BCUT2D eigenvalue weighted by atomic mass is 32.1. The summed E-state index contributed by atoms with van der Waals surface area (Å²) in [6, 6.07) is 15.9. The summed E-state index contributed by atoms with van der Waals surface area (Å²) in [5.41, 5.74) is 2.07. The molecule has 0 aliphatic carbocycles. The molecule has 0 radical (unpaired) electrons.